The van der Waals surface area contributed by atoms with Gasteiger partial charge in [-0.05, 0) is 37.6 Å². The summed E-state index contributed by atoms with van der Waals surface area (Å²) >= 11 is 0. The lowest BCUT2D eigenvalue weighted by molar-refractivity contribution is 0.0381. The summed E-state index contributed by atoms with van der Waals surface area (Å²) in [6.45, 7) is 7.99. The van der Waals surface area contributed by atoms with Crippen molar-refractivity contribution in [3.63, 3.8) is 0 Å². The minimum absolute atomic E-state index is 0.341. The van der Waals surface area contributed by atoms with Gasteiger partial charge in [0.15, 0.2) is 0 Å². The Morgan fingerprint density at radius 3 is 2.95 bits per heavy atom. The van der Waals surface area contributed by atoms with E-state index in [4.69, 9.17) is 9.72 Å². The van der Waals surface area contributed by atoms with Crippen molar-refractivity contribution < 1.29 is 4.74 Å². The normalized spacial score (nSPS) is 19.4. The Balaban J connectivity index is 2.19. The Morgan fingerprint density at radius 2 is 2.25 bits per heavy atom. The lowest BCUT2D eigenvalue weighted by Crippen LogP contribution is -2.42. The van der Waals surface area contributed by atoms with Gasteiger partial charge in [-0.2, -0.15) is 0 Å². The van der Waals surface area contributed by atoms with Crippen molar-refractivity contribution in [2.75, 3.05) is 31.6 Å². The van der Waals surface area contributed by atoms with E-state index in [0.29, 0.717) is 6.10 Å². The second kappa shape index (κ2) is 7.60. The molecule has 0 spiro atoms. The van der Waals surface area contributed by atoms with Crippen LogP contribution in [0.15, 0.2) is 12.1 Å². The fourth-order valence-electron chi connectivity index (χ4n) is 2.66. The van der Waals surface area contributed by atoms with Gasteiger partial charge in [0.1, 0.15) is 5.82 Å². The zero-order chi connectivity index (χ0) is 14.4. The third kappa shape index (κ3) is 3.93. The smallest absolute Gasteiger partial charge is 0.129 e. The summed E-state index contributed by atoms with van der Waals surface area (Å²) < 4.78 is 5.75. The van der Waals surface area contributed by atoms with Gasteiger partial charge in [0, 0.05) is 25.3 Å². The molecule has 2 rings (SSSR count). The zero-order valence-corrected chi connectivity index (χ0v) is 13.0. The summed E-state index contributed by atoms with van der Waals surface area (Å²) in [5, 5.41) is 3.23. The lowest BCUT2D eigenvalue weighted by atomic mass is 10.1. The van der Waals surface area contributed by atoms with Crippen molar-refractivity contribution in [1.29, 1.82) is 0 Å². The Labute approximate surface area is 122 Å². The van der Waals surface area contributed by atoms with Crippen molar-refractivity contribution >= 4 is 5.82 Å². The molecular formula is C16H27N3O. The molecule has 1 aromatic rings. The van der Waals surface area contributed by atoms with Crippen LogP contribution >= 0.6 is 0 Å². The number of aromatic nitrogens is 1. The molecule has 112 valence electrons. The molecule has 0 bridgehead atoms. The van der Waals surface area contributed by atoms with Gasteiger partial charge in [-0.1, -0.05) is 20.3 Å². The SMILES string of the molecule is CCCc1cc(CNC)cc(N2CCOC(CC)C2)n1. The number of nitrogens with zero attached hydrogens (tertiary/aromatic N) is 2. The van der Waals surface area contributed by atoms with Crippen molar-refractivity contribution in [2.45, 2.75) is 45.8 Å². The topological polar surface area (TPSA) is 37.4 Å². The molecule has 1 saturated heterocycles. The number of ether oxygens (including phenoxy) is 1. The Morgan fingerprint density at radius 1 is 1.40 bits per heavy atom. The highest BCUT2D eigenvalue weighted by molar-refractivity contribution is 5.43. The number of morpholine rings is 1. The molecule has 2 heterocycles. The minimum atomic E-state index is 0.341. The van der Waals surface area contributed by atoms with E-state index in [0.717, 1.165) is 51.3 Å². The average molecular weight is 277 g/mol. The maximum atomic E-state index is 5.75. The molecule has 1 N–H and O–H groups in total. The van der Waals surface area contributed by atoms with E-state index < -0.39 is 0 Å². The zero-order valence-electron chi connectivity index (χ0n) is 13.0. The molecule has 0 amide bonds. The van der Waals surface area contributed by atoms with Crippen LogP contribution in [-0.2, 0) is 17.7 Å². The number of anilines is 1. The number of nitrogens with one attached hydrogen (secondary N) is 1. The summed E-state index contributed by atoms with van der Waals surface area (Å²) in [5.41, 5.74) is 2.52. The number of aryl methyl sites for hydroxylation is 1. The molecule has 0 saturated carbocycles. The van der Waals surface area contributed by atoms with Crippen molar-refractivity contribution in [3.05, 3.63) is 23.4 Å². The number of rotatable bonds is 6. The molecular weight excluding hydrogens is 250 g/mol. The Hall–Kier alpha value is -1.13. The number of pyridine rings is 1. The van der Waals surface area contributed by atoms with E-state index in [9.17, 15) is 0 Å². The van der Waals surface area contributed by atoms with Gasteiger partial charge in [-0.25, -0.2) is 4.98 Å². The van der Waals surface area contributed by atoms with Crippen LogP contribution < -0.4 is 10.2 Å². The first-order valence-electron chi connectivity index (χ1n) is 7.77. The summed E-state index contributed by atoms with van der Waals surface area (Å²) in [5.74, 6) is 1.11. The van der Waals surface area contributed by atoms with E-state index in [1.165, 1.54) is 11.3 Å². The van der Waals surface area contributed by atoms with Crippen LogP contribution in [0.5, 0.6) is 0 Å². The van der Waals surface area contributed by atoms with Crippen LogP contribution in [0, 0.1) is 0 Å². The van der Waals surface area contributed by atoms with Gasteiger partial charge in [0.2, 0.25) is 0 Å². The molecule has 1 aliphatic heterocycles. The van der Waals surface area contributed by atoms with Gasteiger partial charge < -0.3 is 15.0 Å². The molecule has 0 aromatic carbocycles. The fourth-order valence-corrected chi connectivity index (χ4v) is 2.66. The minimum Gasteiger partial charge on any atom is -0.375 e. The predicted molar refractivity (Wildman–Crippen MR) is 83.2 cm³/mol. The Bertz CT molecular complexity index is 398. The molecule has 20 heavy (non-hydrogen) atoms. The third-order valence-electron chi connectivity index (χ3n) is 3.73. The van der Waals surface area contributed by atoms with Crippen molar-refractivity contribution in [1.82, 2.24) is 10.3 Å². The second-order valence-electron chi connectivity index (χ2n) is 5.45. The maximum absolute atomic E-state index is 5.75. The van der Waals surface area contributed by atoms with Crippen molar-refractivity contribution in [3.8, 4) is 0 Å². The Kier molecular flexibility index (Phi) is 5.80. The number of hydrogen-bond acceptors (Lipinski definition) is 4. The first-order chi connectivity index (χ1) is 9.76. The van der Waals surface area contributed by atoms with Crippen molar-refractivity contribution in [2.24, 2.45) is 0 Å². The predicted octanol–water partition coefficient (Wildman–Crippen LogP) is 2.37. The molecule has 1 unspecified atom stereocenters. The molecule has 1 fully saturated rings. The second-order valence-corrected chi connectivity index (χ2v) is 5.45. The van der Waals surface area contributed by atoms with Gasteiger partial charge in [0.05, 0.1) is 12.7 Å². The van der Waals surface area contributed by atoms with Crippen LogP contribution in [0.25, 0.3) is 0 Å². The van der Waals surface area contributed by atoms with Crippen LogP contribution in [0.3, 0.4) is 0 Å². The molecule has 1 aliphatic rings. The number of hydrogen-bond donors (Lipinski definition) is 1. The maximum Gasteiger partial charge on any atom is 0.129 e. The molecule has 4 heteroatoms. The summed E-state index contributed by atoms with van der Waals surface area (Å²) in [6, 6.07) is 4.44. The van der Waals surface area contributed by atoms with E-state index in [1.54, 1.807) is 0 Å². The largest absolute Gasteiger partial charge is 0.375 e. The standard InChI is InChI=1S/C16H27N3O/c1-4-6-14-9-13(11-17-3)10-16(18-14)19-7-8-20-15(5-2)12-19/h9-10,15,17H,4-8,11-12H2,1-3H3. The van der Waals surface area contributed by atoms with Crippen LogP contribution in [0.2, 0.25) is 0 Å². The van der Waals surface area contributed by atoms with E-state index >= 15 is 0 Å². The lowest BCUT2D eigenvalue weighted by Gasteiger charge is -2.33. The summed E-state index contributed by atoms with van der Waals surface area (Å²) in [6.07, 6.45) is 3.59. The van der Waals surface area contributed by atoms with Gasteiger partial charge in [-0.15, -0.1) is 0 Å². The highest BCUT2D eigenvalue weighted by atomic mass is 16.5. The fraction of sp³-hybridized carbons (Fsp3) is 0.688. The van der Waals surface area contributed by atoms with E-state index in [2.05, 4.69) is 36.2 Å². The molecule has 1 atom stereocenters. The van der Waals surface area contributed by atoms with Crippen LogP contribution in [0.1, 0.15) is 37.9 Å². The highest BCUT2D eigenvalue weighted by Gasteiger charge is 2.20. The molecule has 0 aliphatic carbocycles. The van der Waals surface area contributed by atoms with Crippen LogP contribution in [0.4, 0.5) is 5.82 Å². The third-order valence-corrected chi connectivity index (χ3v) is 3.73. The summed E-state index contributed by atoms with van der Waals surface area (Å²) in [4.78, 5) is 7.21. The van der Waals surface area contributed by atoms with E-state index in [-0.39, 0.29) is 0 Å². The van der Waals surface area contributed by atoms with Gasteiger partial charge in [0.25, 0.3) is 0 Å². The monoisotopic (exact) mass is 277 g/mol. The first-order valence-corrected chi connectivity index (χ1v) is 7.77. The average Bonchev–Trinajstić information content (AvgIpc) is 2.48. The highest BCUT2D eigenvalue weighted by Crippen LogP contribution is 2.20. The molecule has 1 aromatic heterocycles. The van der Waals surface area contributed by atoms with Gasteiger partial charge in [-0.3, -0.25) is 0 Å². The van der Waals surface area contributed by atoms with E-state index in [1.807, 2.05) is 7.05 Å². The molecule has 0 radical (unpaired) electrons. The summed E-state index contributed by atoms with van der Waals surface area (Å²) in [7, 11) is 1.99. The quantitative estimate of drug-likeness (QED) is 0.866. The first kappa shape index (κ1) is 15.3. The van der Waals surface area contributed by atoms with Gasteiger partial charge >= 0.3 is 0 Å². The molecule has 4 nitrogen and oxygen atoms in total. The van der Waals surface area contributed by atoms with Crippen LogP contribution in [-0.4, -0.2) is 37.8 Å².